The Balaban J connectivity index is 1.76. The van der Waals surface area contributed by atoms with E-state index >= 15 is 0 Å². The maximum absolute atomic E-state index is 14.1. The van der Waals surface area contributed by atoms with Crippen LogP contribution in [0.2, 0.25) is 5.02 Å². The first kappa shape index (κ1) is 29.0. The van der Waals surface area contributed by atoms with Gasteiger partial charge < -0.3 is 33.8 Å². The molecule has 2 heterocycles. The van der Waals surface area contributed by atoms with Crippen molar-refractivity contribution < 1.29 is 43.2 Å². The number of pyridine rings is 1. The normalized spacial score (nSPS) is 20.4. The van der Waals surface area contributed by atoms with E-state index in [1.807, 2.05) is 0 Å². The Kier molecular flexibility index (Phi) is 7.40. The molecule has 2 aromatic carbocycles. The molecule has 42 heavy (non-hydrogen) atoms. The number of methoxy groups -OCH3 is 4. The van der Waals surface area contributed by atoms with Gasteiger partial charge >= 0.3 is 5.97 Å². The molecule has 0 amide bonds. The van der Waals surface area contributed by atoms with E-state index in [4.69, 9.17) is 35.3 Å². The first-order valence-electron chi connectivity index (χ1n) is 12.9. The highest BCUT2D eigenvalue weighted by Gasteiger charge is 2.61. The number of aromatic amines is 1. The number of allylic oxidation sites excluding steroid dienone is 1. The molecule has 1 aliphatic heterocycles. The SMILES string of the molecule is COC(=O)CC(C1=C(O)C2(Oc3c(Cl)c(OC)cc(OC)c3C2=O)C(C)CC1=O)c1cc2cc(OC)ccc2[nH]c1=O. The number of aromatic nitrogens is 1. The summed E-state index contributed by atoms with van der Waals surface area (Å²) < 4.78 is 27.1. The van der Waals surface area contributed by atoms with E-state index in [0.717, 1.165) is 7.11 Å². The average Bonchev–Trinajstić information content (AvgIpc) is 3.29. The van der Waals surface area contributed by atoms with Gasteiger partial charge in [-0.15, -0.1) is 0 Å². The van der Waals surface area contributed by atoms with Crippen molar-refractivity contribution in [2.75, 3.05) is 28.4 Å². The number of ether oxygens (including phenoxy) is 5. The van der Waals surface area contributed by atoms with Gasteiger partial charge in [0, 0.05) is 46.4 Å². The molecule has 3 unspecified atom stereocenters. The molecule has 3 aromatic rings. The summed E-state index contributed by atoms with van der Waals surface area (Å²) in [5, 5.41) is 12.4. The standard InChI is InChI=1S/C30H28ClNO10/c1-13-8-19(33)23(27(35)30(13)28(36)24-20(39-3)12-21(40-4)25(31)26(24)42-30)16(11-22(34)41-5)17-10-14-9-15(38-2)6-7-18(14)32-29(17)37/h6-7,9-10,12-13,16,35H,8,11H2,1-5H3,(H,32,37). The number of halogens is 1. The number of esters is 1. The molecule has 3 atom stereocenters. The monoisotopic (exact) mass is 597 g/mol. The average molecular weight is 598 g/mol. The van der Waals surface area contributed by atoms with E-state index in [1.165, 1.54) is 33.5 Å². The van der Waals surface area contributed by atoms with Crippen LogP contribution in [0.25, 0.3) is 10.9 Å². The van der Waals surface area contributed by atoms with Gasteiger partial charge in [-0.25, -0.2) is 0 Å². The fraction of sp³-hybridized carbons (Fsp3) is 0.333. The highest BCUT2D eigenvalue weighted by atomic mass is 35.5. The molecular formula is C30H28ClNO10. The predicted molar refractivity (Wildman–Crippen MR) is 151 cm³/mol. The van der Waals surface area contributed by atoms with Gasteiger partial charge in [0.25, 0.3) is 5.56 Å². The number of ketones is 2. The summed E-state index contributed by atoms with van der Waals surface area (Å²) >= 11 is 6.52. The molecule has 0 radical (unpaired) electrons. The number of hydrogen-bond donors (Lipinski definition) is 2. The summed E-state index contributed by atoms with van der Waals surface area (Å²) in [5.74, 6) is -4.18. The molecule has 1 spiro atoms. The van der Waals surface area contributed by atoms with Crippen LogP contribution in [0, 0.1) is 5.92 Å². The molecule has 1 aliphatic carbocycles. The summed E-state index contributed by atoms with van der Waals surface area (Å²) in [7, 11) is 5.39. The van der Waals surface area contributed by atoms with Crippen LogP contribution in [0.3, 0.4) is 0 Å². The van der Waals surface area contributed by atoms with Crippen molar-refractivity contribution in [1.29, 1.82) is 0 Å². The van der Waals surface area contributed by atoms with Gasteiger partial charge in [0.15, 0.2) is 17.3 Å². The van der Waals surface area contributed by atoms with Gasteiger partial charge in [-0.1, -0.05) is 18.5 Å². The number of rotatable bonds is 7. The third kappa shape index (κ3) is 4.27. The Morgan fingerprint density at radius 1 is 1.10 bits per heavy atom. The minimum atomic E-state index is -2.09. The first-order valence-corrected chi connectivity index (χ1v) is 13.3. The second-order valence-corrected chi connectivity index (χ2v) is 10.5. The molecule has 0 fully saturated rings. The molecular weight excluding hydrogens is 570 g/mol. The number of H-pyrrole nitrogens is 1. The Labute approximate surface area is 244 Å². The molecule has 1 aromatic heterocycles. The van der Waals surface area contributed by atoms with Crippen molar-refractivity contribution in [3.8, 4) is 23.0 Å². The molecule has 12 heteroatoms. The van der Waals surface area contributed by atoms with Crippen LogP contribution in [0.4, 0.5) is 0 Å². The molecule has 0 bridgehead atoms. The van der Waals surface area contributed by atoms with E-state index in [1.54, 1.807) is 25.1 Å². The minimum absolute atomic E-state index is 0.000924. The minimum Gasteiger partial charge on any atom is -0.507 e. The van der Waals surface area contributed by atoms with Crippen LogP contribution in [0.15, 0.2) is 46.5 Å². The topological polar surface area (TPSA) is 150 Å². The van der Waals surface area contributed by atoms with Crippen molar-refractivity contribution in [3.05, 3.63) is 68.2 Å². The zero-order chi connectivity index (χ0) is 30.5. The van der Waals surface area contributed by atoms with E-state index in [-0.39, 0.29) is 45.4 Å². The fourth-order valence-electron chi connectivity index (χ4n) is 5.74. The molecule has 2 N–H and O–H groups in total. The van der Waals surface area contributed by atoms with Crippen LogP contribution in [0.5, 0.6) is 23.0 Å². The van der Waals surface area contributed by atoms with Crippen LogP contribution in [-0.2, 0) is 14.3 Å². The van der Waals surface area contributed by atoms with Gasteiger partial charge in [-0.3, -0.25) is 19.2 Å². The largest absolute Gasteiger partial charge is 0.507 e. The van der Waals surface area contributed by atoms with E-state index in [9.17, 15) is 24.3 Å². The number of carbonyl (C=O) groups excluding carboxylic acids is 3. The first-order chi connectivity index (χ1) is 20.0. The lowest BCUT2D eigenvalue weighted by Crippen LogP contribution is -2.53. The van der Waals surface area contributed by atoms with Crippen molar-refractivity contribution in [3.63, 3.8) is 0 Å². The number of Topliss-reactive ketones (excluding diaryl/α,β-unsaturated/α-hetero) is 2. The number of carbonyl (C=O) groups is 3. The summed E-state index contributed by atoms with van der Waals surface area (Å²) in [5.41, 5.74) is -2.54. The van der Waals surface area contributed by atoms with Crippen molar-refractivity contribution in [2.24, 2.45) is 5.92 Å². The zero-order valence-corrected chi connectivity index (χ0v) is 24.2. The van der Waals surface area contributed by atoms with Gasteiger partial charge in [0.2, 0.25) is 11.4 Å². The molecule has 220 valence electrons. The Morgan fingerprint density at radius 2 is 1.81 bits per heavy atom. The Bertz CT molecular complexity index is 1740. The maximum atomic E-state index is 14.1. The van der Waals surface area contributed by atoms with Crippen LogP contribution in [-0.4, -0.2) is 61.7 Å². The Hall–Kier alpha value is -4.51. The number of benzene rings is 2. The van der Waals surface area contributed by atoms with E-state index in [0.29, 0.717) is 16.7 Å². The highest BCUT2D eigenvalue weighted by Crippen LogP contribution is 2.55. The molecule has 5 rings (SSSR count). The van der Waals surface area contributed by atoms with Crippen molar-refractivity contribution >= 4 is 40.0 Å². The fourth-order valence-corrected chi connectivity index (χ4v) is 6.01. The number of hydrogen-bond acceptors (Lipinski definition) is 10. The van der Waals surface area contributed by atoms with Crippen LogP contribution in [0.1, 0.15) is 41.6 Å². The van der Waals surface area contributed by atoms with Crippen molar-refractivity contribution in [1.82, 2.24) is 4.98 Å². The number of fused-ring (bicyclic) bond motifs is 2. The van der Waals surface area contributed by atoms with Crippen LogP contribution < -0.4 is 24.5 Å². The summed E-state index contributed by atoms with van der Waals surface area (Å²) in [6, 6.07) is 7.93. The Morgan fingerprint density at radius 3 is 2.45 bits per heavy atom. The van der Waals surface area contributed by atoms with Gasteiger partial charge in [-0.2, -0.15) is 0 Å². The maximum Gasteiger partial charge on any atom is 0.306 e. The number of aliphatic hydroxyl groups excluding tert-OH is 1. The smallest absolute Gasteiger partial charge is 0.306 e. The van der Waals surface area contributed by atoms with E-state index in [2.05, 4.69) is 4.98 Å². The van der Waals surface area contributed by atoms with Crippen molar-refractivity contribution in [2.45, 2.75) is 31.3 Å². The number of aliphatic hydroxyl groups is 1. The highest BCUT2D eigenvalue weighted by molar-refractivity contribution is 6.35. The molecule has 11 nitrogen and oxygen atoms in total. The third-order valence-electron chi connectivity index (χ3n) is 7.91. The second kappa shape index (κ2) is 10.7. The predicted octanol–water partition coefficient (Wildman–Crippen LogP) is 4.29. The van der Waals surface area contributed by atoms with Gasteiger partial charge in [0.05, 0.1) is 34.9 Å². The van der Waals surface area contributed by atoms with Gasteiger partial charge in [0.1, 0.15) is 27.8 Å². The lowest BCUT2D eigenvalue weighted by Gasteiger charge is -2.38. The summed E-state index contributed by atoms with van der Waals surface area (Å²) in [6.45, 7) is 1.58. The quantitative estimate of drug-likeness (QED) is 0.377. The molecule has 0 saturated carbocycles. The van der Waals surface area contributed by atoms with E-state index < -0.39 is 52.7 Å². The third-order valence-corrected chi connectivity index (χ3v) is 8.27. The van der Waals surface area contributed by atoms with Crippen LogP contribution >= 0.6 is 11.6 Å². The summed E-state index contributed by atoms with van der Waals surface area (Å²) in [4.78, 5) is 56.5. The second-order valence-electron chi connectivity index (χ2n) is 10.1. The van der Waals surface area contributed by atoms with Gasteiger partial charge in [-0.05, 0) is 24.3 Å². The molecule has 2 aliphatic rings. The molecule has 0 saturated heterocycles. The lowest BCUT2D eigenvalue weighted by molar-refractivity contribution is -0.140. The summed E-state index contributed by atoms with van der Waals surface area (Å²) in [6.07, 6.45) is -0.725. The lowest BCUT2D eigenvalue weighted by atomic mass is 9.69. The number of nitrogens with one attached hydrogen (secondary N) is 1. The zero-order valence-electron chi connectivity index (χ0n) is 23.5.